The number of hydrogen-bond acceptors (Lipinski definition) is 4. The molecular formula is C22H23FN2O4. The van der Waals surface area contributed by atoms with E-state index in [0.29, 0.717) is 46.5 Å². The number of benzene rings is 2. The van der Waals surface area contributed by atoms with Gasteiger partial charge in [-0.25, -0.2) is 4.39 Å². The van der Waals surface area contributed by atoms with Gasteiger partial charge >= 0.3 is 0 Å². The topological polar surface area (TPSA) is 83.6 Å². The number of nitrogens with one attached hydrogen (secondary N) is 2. The fraction of sp³-hybridized carbons (Fsp3) is 0.318. The zero-order chi connectivity index (χ0) is 20.8. The van der Waals surface area contributed by atoms with Crippen molar-refractivity contribution in [3.8, 4) is 11.5 Å². The van der Waals surface area contributed by atoms with Crippen molar-refractivity contribution in [1.82, 2.24) is 10.3 Å². The Balaban J connectivity index is 1.60. The fourth-order valence-electron chi connectivity index (χ4n) is 4.13. The smallest absolute Gasteiger partial charge is 0.253 e. The maximum Gasteiger partial charge on any atom is 0.253 e. The Morgan fingerprint density at radius 3 is 2.69 bits per heavy atom. The van der Waals surface area contributed by atoms with Crippen molar-refractivity contribution in [2.45, 2.75) is 25.4 Å². The molecule has 0 bridgehead atoms. The summed E-state index contributed by atoms with van der Waals surface area (Å²) in [5.41, 5.74) is 2.19. The number of carbonyl (C=O) groups is 1. The van der Waals surface area contributed by atoms with E-state index in [1.165, 1.54) is 12.1 Å². The van der Waals surface area contributed by atoms with E-state index in [0.717, 1.165) is 11.1 Å². The van der Waals surface area contributed by atoms with Gasteiger partial charge in [0.15, 0.2) is 11.5 Å². The molecule has 1 aliphatic carbocycles. The van der Waals surface area contributed by atoms with Crippen molar-refractivity contribution < 1.29 is 23.8 Å². The molecule has 0 aliphatic heterocycles. The van der Waals surface area contributed by atoms with Crippen LogP contribution in [0.3, 0.4) is 0 Å². The summed E-state index contributed by atoms with van der Waals surface area (Å²) in [5, 5.41) is 14.6. The van der Waals surface area contributed by atoms with Gasteiger partial charge in [0.05, 0.1) is 26.3 Å². The van der Waals surface area contributed by atoms with E-state index >= 15 is 0 Å². The van der Waals surface area contributed by atoms with E-state index in [4.69, 9.17) is 9.47 Å². The number of aromatic amines is 1. The lowest BCUT2D eigenvalue weighted by Gasteiger charge is -2.25. The van der Waals surface area contributed by atoms with Gasteiger partial charge in [-0.1, -0.05) is 0 Å². The molecule has 152 valence electrons. The van der Waals surface area contributed by atoms with Crippen LogP contribution >= 0.6 is 0 Å². The molecule has 1 atom stereocenters. The molecule has 29 heavy (non-hydrogen) atoms. The third-order valence-corrected chi connectivity index (χ3v) is 5.64. The lowest BCUT2D eigenvalue weighted by atomic mass is 9.95. The second-order valence-corrected chi connectivity index (χ2v) is 7.39. The Bertz CT molecular complexity index is 1110. The van der Waals surface area contributed by atoms with Gasteiger partial charge in [0.2, 0.25) is 0 Å². The minimum Gasteiger partial charge on any atom is -0.493 e. The molecule has 1 heterocycles. The highest BCUT2D eigenvalue weighted by Gasteiger charge is 2.38. The summed E-state index contributed by atoms with van der Waals surface area (Å²) in [4.78, 5) is 16.0. The second kappa shape index (κ2) is 7.08. The van der Waals surface area contributed by atoms with E-state index in [9.17, 15) is 14.3 Å². The summed E-state index contributed by atoms with van der Waals surface area (Å²) in [6, 6.07) is 7.92. The number of aryl methyl sites for hydroxylation is 2. The van der Waals surface area contributed by atoms with E-state index in [-0.39, 0.29) is 12.5 Å². The van der Waals surface area contributed by atoms with Gasteiger partial charge in [-0.2, -0.15) is 0 Å². The van der Waals surface area contributed by atoms with Crippen LogP contribution in [0.5, 0.6) is 11.5 Å². The highest BCUT2D eigenvalue weighted by atomic mass is 19.1. The maximum absolute atomic E-state index is 13.7. The summed E-state index contributed by atoms with van der Waals surface area (Å²) in [5.74, 6) is 0.369. The van der Waals surface area contributed by atoms with Crippen LogP contribution in [0.1, 0.15) is 33.6 Å². The predicted molar refractivity (Wildman–Crippen MR) is 107 cm³/mol. The standard InChI is InChI=1S/C22H23FN2O4/c1-12-20(15-9-14(23)4-5-17(15)25-12)21(26)24-11-22(27)7-6-13-8-18(28-2)19(29-3)10-16(13)22/h4-5,8-10,25,27H,6-7,11H2,1-3H3,(H,24,26). The van der Waals surface area contributed by atoms with E-state index < -0.39 is 11.4 Å². The van der Waals surface area contributed by atoms with Crippen molar-refractivity contribution in [2.75, 3.05) is 20.8 Å². The lowest BCUT2D eigenvalue weighted by molar-refractivity contribution is 0.0368. The van der Waals surface area contributed by atoms with Crippen LogP contribution in [0, 0.1) is 12.7 Å². The SMILES string of the molecule is COc1cc2c(cc1OC)C(O)(CNC(=O)c1c(C)[nH]c3ccc(F)cc13)CC2. The van der Waals surface area contributed by atoms with Crippen molar-refractivity contribution in [3.05, 3.63) is 58.5 Å². The van der Waals surface area contributed by atoms with Crippen molar-refractivity contribution in [2.24, 2.45) is 0 Å². The molecule has 1 unspecified atom stereocenters. The quantitative estimate of drug-likeness (QED) is 0.616. The number of halogens is 1. The number of aliphatic hydroxyl groups is 1. The number of fused-ring (bicyclic) bond motifs is 2. The molecule has 1 aromatic heterocycles. The first-order chi connectivity index (χ1) is 13.9. The molecule has 0 saturated carbocycles. The first-order valence-electron chi connectivity index (χ1n) is 9.40. The number of amides is 1. The summed E-state index contributed by atoms with van der Waals surface area (Å²) >= 11 is 0. The molecule has 6 nitrogen and oxygen atoms in total. The zero-order valence-electron chi connectivity index (χ0n) is 16.6. The van der Waals surface area contributed by atoms with Crippen LogP contribution in [0.25, 0.3) is 10.9 Å². The van der Waals surface area contributed by atoms with Crippen LogP contribution in [-0.2, 0) is 12.0 Å². The Hall–Kier alpha value is -3.06. The molecule has 0 radical (unpaired) electrons. The Kier molecular flexibility index (Phi) is 4.70. The third-order valence-electron chi connectivity index (χ3n) is 5.64. The first kappa shape index (κ1) is 19.3. The Labute approximate surface area is 167 Å². The normalized spacial score (nSPS) is 18.0. The van der Waals surface area contributed by atoms with E-state index in [1.54, 1.807) is 33.3 Å². The highest BCUT2D eigenvalue weighted by Crippen LogP contribution is 2.42. The minimum atomic E-state index is -1.21. The van der Waals surface area contributed by atoms with Crippen molar-refractivity contribution in [1.29, 1.82) is 0 Å². The second-order valence-electron chi connectivity index (χ2n) is 7.39. The highest BCUT2D eigenvalue weighted by molar-refractivity contribution is 6.08. The summed E-state index contributed by atoms with van der Waals surface area (Å²) in [6.07, 6.45) is 1.14. The summed E-state index contributed by atoms with van der Waals surface area (Å²) < 4.78 is 24.4. The van der Waals surface area contributed by atoms with Crippen LogP contribution in [0.4, 0.5) is 4.39 Å². The average molecular weight is 398 g/mol. The Morgan fingerprint density at radius 2 is 1.97 bits per heavy atom. The number of ether oxygens (including phenoxy) is 2. The zero-order valence-corrected chi connectivity index (χ0v) is 16.6. The molecule has 0 saturated heterocycles. The third kappa shape index (κ3) is 3.21. The van der Waals surface area contributed by atoms with Crippen LogP contribution in [-0.4, -0.2) is 36.8 Å². The molecule has 3 N–H and O–H groups in total. The fourth-order valence-corrected chi connectivity index (χ4v) is 4.13. The predicted octanol–water partition coefficient (Wildman–Crippen LogP) is 3.20. The van der Waals surface area contributed by atoms with Gasteiger partial charge in [0, 0.05) is 16.6 Å². The molecule has 1 aliphatic rings. The van der Waals surface area contributed by atoms with Gasteiger partial charge in [0.1, 0.15) is 11.4 Å². The monoisotopic (exact) mass is 398 g/mol. The number of hydrogen-bond donors (Lipinski definition) is 3. The number of rotatable bonds is 5. The van der Waals surface area contributed by atoms with E-state index in [1.807, 2.05) is 6.07 Å². The molecule has 4 rings (SSSR count). The molecule has 1 amide bonds. The maximum atomic E-state index is 13.7. The van der Waals surface area contributed by atoms with Gasteiger partial charge in [-0.3, -0.25) is 4.79 Å². The summed E-state index contributed by atoms with van der Waals surface area (Å²) in [6.45, 7) is 1.80. The first-order valence-corrected chi connectivity index (χ1v) is 9.40. The van der Waals surface area contributed by atoms with Gasteiger partial charge in [0.25, 0.3) is 5.91 Å². The van der Waals surface area contributed by atoms with Crippen LogP contribution in [0.15, 0.2) is 30.3 Å². The number of methoxy groups -OCH3 is 2. The van der Waals surface area contributed by atoms with Crippen molar-refractivity contribution in [3.63, 3.8) is 0 Å². The lowest BCUT2D eigenvalue weighted by Crippen LogP contribution is -2.39. The van der Waals surface area contributed by atoms with Crippen molar-refractivity contribution >= 4 is 16.8 Å². The number of aromatic nitrogens is 1. The largest absolute Gasteiger partial charge is 0.493 e. The van der Waals surface area contributed by atoms with Gasteiger partial charge in [-0.15, -0.1) is 0 Å². The molecule has 0 fully saturated rings. The summed E-state index contributed by atoms with van der Waals surface area (Å²) in [7, 11) is 3.11. The van der Waals surface area contributed by atoms with Crippen LogP contribution < -0.4 is 14.8 Å². The molecule has 7 heteroatoms. The van der Waals surface area contributed by atoms with Gasteiger partial charge < -0.3 is 24.9 Å². The number of H-pyrrole nitrogens is 1. The molecule has 0 spiro atoms. The van der Waals surface area contributed by atoms with Gasteiger partial charge in [-0.05, 0) is 61.2 Å². The molecule has 3 aromatic rings. The number of carbonyl (C=O) groups excluding carboxylic acids is 1. The average Bonchev–Trinajstić information content (AvgIpc) is 3.21. The Morgan fingerprint density at radius 1 is 1.24 bits per heavy atom. The van der Waals surface area contributed by atoms with Crippen LogP contribution in [0.2, 0.25) is 0 Å². The molecule has 2 aromatic carbocycles. The van der Waals surface area contributed by atoms with E-state index in [2.05, 4.69) is 10.3 Å². The molecular weight excluding hydrogens is 375 g/mol. The minimum absolute atomic E-state index is 0.0374.